The predicted molar refractivity (Wildman–Crippen MR) is 247 cm³/mol. The van der Waals surface area contributed by atoms with E-state index in [-0.39, 0.29) is 102 Å². The lowest BCUT2D eigenvalue weighted by Crippen LogP contribution is -2.11. The fraction of sp³-hybridized carbons (Fsp3) is 0.348. The summed E-state index contributed by atoms with van der Waals surface area (Å²) < 4.78 is 263. The summed E-state index contributed by atoms with van der Waals surface area (Å²) in [5.74, 6) is -19.3. The van der Waals surface area contributed by atoms with Crippen LogP contribution in [-0.4, -0.2) is 118 Å². The minimum absolute atomic E-state index is 0.0144. The van der Waals surface area contributed by atoms with E-state index in [1.54, 1.807) is 0 Å². The predicted octanol–water partition coefficient (Wildman–Crippen LogP) is 11.4. The molecular weight excluding hydrogens is 1200 g/mol. The van der Waals surface area contributed by atoms with Crippen molar-refractivity contribution in [3.05, 3.63) is 109 Å². The minimum atomic E-state index is -4.73. The van der Waals surface area contributed by atoms with Gasteiger partial charge in [-0.3, -0.25) is 28.2 Å². The Morgan fingerprint density at radius 2 is 0.679 bits per heavy atom. The number of pyridine rings is 3. The highest BCUT2D eigenvalue weighted by molar-refractivity contribution is 7.93. The molecular formula is C46H30F19N15O3S. The van der Waals surface area contributed by atoms with E-state index >= 15 is 0 Å². The number of ether oxygens (including phenoxy) is 3. The molecule has 0 N–H and O–H groups in total. The molecule has 0 aliphatic heterocycles. The third kappa shape index (κ3) is 13.6. The summed E-state index contributed by atoms with van der Waals surface area (Å²) in [6.07, 6.45) is -4.28. The molecule has 0 spiro atoms. The van der Waals surface area contributed by atoms with Crippen molar-refractivity contribution in [1.82, 2.24) is 73.7 Å². The lowest BCUT2D eigenvalue weighted by molar-refractivity contribution is -0.146. The Balaban J connectivity index is 0.000000148. The Kier molecular flexibility index (Phi) is 16.2. The van der Waals surface area contributed by atoms with E-state index in [0.29, 0.717) is 13.2 Å². The van der Waals surface area contributed by atoms with Crippen molar-refractivity contribution in [3.8, 4) is 51.4 Å². The molecule has 0 radical (unpaired) electrons. The van der Waals surface area contributed by atoms with Crippen molar-refractivity contribution >= 4 is 29.1 Å². The zero-order chi connectivity index (χ0) is 60.9. The first-order valence-corrected chi connectivity index (χ1v) is 24.5. The Bertz CT molecular complexity index is 3470. The molecule has 0 amide bonds. The molecule has 3 fully saturated rings. The van der Waals surface area contributed by atoms with Crippen molar-refractivity contribution in [2.75, 3.05) is 26.1 Å². The topological polar surface area (TPSA) is 196 Å². The van der Waals surface area contributed by atoms with Crippen molar-refractivity contribution in [2.24, 2.45) is 17.8 Å². The summed E-state index contributed by atoms with van der Waals surface area (Å²) >= 11 is 0.250. The average Bonchev–Trinajstić information content (AvgIpc) is 3.24. The maximum absolute atomic E-state index is 14.1. The smallest absolute Gasteiger partial charge is 0.452 e. The zero-order valence-electron chi connectivity index (χ0n) is 41.4. The molecule has 3 atom stereocenters. The monoisotopic (exact) mass is 1230 g/mol. The quantitative estimate of drug-likeness (QED) is 0.105. The van der Waals surface area contributed by atoms with E-state index in [4.69, 9.17) is 14.2 Å². The Hall–Kier alpha value is -8.48. The summed E-state index contributed by atoms with van der Waals surface area (Å²) in [7, 11) is 0. The second-order valence-electron chi connectivity index (χ2n) is 18.2. The fourth-order valence-electron chi connectivity index (χ4n) is 7.34. The van der Waals surface area contributed by atoms with Gasteiger partial charge in [0.25, 0.3) is 17.8 Å². The van der Waals surface area contributed by atoms with E-state index < -0.39 is 107 Å². The molecule has 0 saturated heterocycles. The van der Waals surface area contributed by atoms with Crippen LogP contribution in [0.2, 0.25) is 0 Å². The number of nitrogens with zero attached hydrogens (tertiary/aromatic N) is 15. The minimum Gasteiger partial charge on any atom is -0.475 e. The molecule has 3 saturated carbocycles. The molecule has 18 nitrogen and oxygen atoms in total. The van der Waals surface area contributed by atoms with Gasteiger partial charge in [0.1, 0.15) is 0 Å². The Labute approximate surface area is 458 Å². The third-order valence-corrected chi connectivity index (χ3v) is 12.1. The molecule has 9 aromatic rings. The van der Waals surface area contributed by atoms with Gasteiger partial charge in [-0.05, 0) is 18.2 Å². The average molecular weight is 1230 g/mol. The van der Waals surface area contributed by atoms with E-state index in [2.05, 4.69) is 60.5 Å². The van der Waals surface area contributed by atoms with Gasteiger partial charge in [-0.2, -0.15) is 43.4 Å². The highest BCUT2D eigenvalue weighted by Crippen LogP contribution is 2.50. The van der Waals surface area contributed by atoms with Gasteiger partial charge in [0.2, 0.25) is 35.1 Å². The normalized spacial score (nSPS) is 18.2. The molecule has 1 unspecified atom stereocenters. The zero-order valence-corrected chi connectivity index (χ0v) is 42.2. The van der Waals surface area contributed by atoms with Crippen LogP contribution in [0.5, 0.6) is 17.6 Å². The number of alkyl halides is 15. The summed E-state index contributed by atoms with van der Waals surface area (Å²) in [6, 6.07) is 2.83. The molecule has 38 heteroatoms. The highest BCUT2D eigenvalue weighted by Gasteiger charge is 2.59. The Morgan fingerprint density at radius 3 is 0.881 bits per heavy atom. The van der Waals surface area contributed by atoms with Gasteiger partial charge in [-0.1, -0.05) is 0 Å². The molecule has 9 heterocycles. The van der Waals surface area contributed by atoms with Crippen LogP contribution in [0.3, 0.4) is 0 Å². The van der Waals surface area contributed by atoms with Gasteiger partial charge in [0.15, 0.2) is 34.4 Å². The first-order chi connectivity index (χ1) is 39.4. The van der Waals surface area contributed by atoms with Crippen molar-refractivity contribution in [1.29, 1.82) is 0 Å². The summed E-state index contributed by atoms with van der Waals surface area (Å²) in [6.45, 7) is -1.14. The van der Waals surface area contributed by atoms with Gasteiger partial charge in [-0.15, -0.1) is 30.6 Å². The number of aromatic nitrogens is 15. The number of hydrogen-bond acceptors (Lipinski definition) is 16. The van der Waals surface area contributed by atoms with Crippen LogP contribution in [0.15, 0.2) is 74.0 Å². The van der Waals surface area contributed by atoms with Crippen LogP contribution >= 0.6 is 12.1 Å². The lowest BCUT2D eigenvalue weighted by atomic mass is 10.2. The molecule has 0 bridgehead atoms. The van der Waals surface area contributed by atoms with Crippen LogP contribution < -0.4 is 14.2 Å². The first kappa shape index (κ1) is 60.1. The van der Waals surface area contributed by atoms with Crippen molar-refractivity contribution < 1.29 is 97.1 Å². The molecule has 0 aromatic carbocycles. The number of fused-ring (bicyclic) bond motifs is 3. The van der Waals surface area contributed by atoms with Crippen LogP contribution in [0.4, 0.5) is 82.9 Å². The maximum atomic E-state index is 14.1. The van der Waals surface area contributed by atoms with E-state index in [1.807, 2.05) is 0 Å². The van der Waals surface area contributed by atoms with Gasteiger partial charge < -0.3 is 14.2 Å². The fourth-order valence-corrected chi connectivity index (χ4v) is 7.34. The van der Waals surface area contributed by atoms with Crippen LogP contribution in [-0.2, 0) is 18.5 Å². The molecule has 3 aliphatic carbocycles. The second-order valence-corrected chi connectivity index (χ2v) is 18.5. The van der Waals surface area contributed by atoms with E-state index in [1.165, 1.54) is 6.26 Å². The van der Waals surface area contributed by atoms with Gasteiger partial charge in [0.05, 0.1) is 73.2 Å². The number of hydrogen-bond donors (Lipinski definition) is 0. The van der Waals surface area contributed by atoms with Crippen LogP contribution in [0, 0.1) is 35.2 Å². The molecule has 9 aromatic heterocycles. The molecule has 84 heavy (non-hydrogen) atoms. The van der Waals surface area contributed by atoms with Crippen LogP contribution in [0.1, 0.15) is 36.7 Å². The summed E-state index contributed by atoms with van der Waals surface area (Å²) in [5, 5.41) is 19.3. The van der Waals surface area contributed by atoms with Crippen molar-refractivity contribution in [2.45, 2.75) is 55.6 Å². The second kappa shape index (κ2) is 22.6. The number of halogens is 19. The first-order valence-electron chi connectivity index (χ1n) is 23.3. The standard InChI is InChI=1S/3C15H9F6N5O.CH3FS/c3*16-9-1-7(3-23-12(9)27-6-8-2-14(8,17)18)10-5-26-11(4-22-10)24-25-13(26)15(19,20)21;1-3-2/h3*1,3-5,8H,2,6H2;1H3/t2*8-;;/m10../s1. The third-order valence-electron chi connectivity index (χ3n) is 12.1. The van der Waals surface area contributed by atoms with E-state index in [9.17, 15) is 82.9 Å². The van der Waals surface area contributed by atoms with Crippen LogP contribution in [0.25, 0.3) is 50.7 Å². The Morgan fingerprint density at radius 1 is 0.440 bits per heavy atom. The largest absolute Gasteiger partial charge is 0.475 e. The summed E-state index contributed by atoms with van der Waals surface area (Å²) in [5.41, 5.74) is -0.237. The maximum Gasteiger partial charge on any atom is 0.452 e. The van der Waals surface area contributed by atoms with E-state index in [0.717, 1.165) is 74.0 Å². The molecule has 446 valence electrons. The highest BCUT2D eigenvalue weighted by atomic mass is 32.2. The van der Waals surface area contributed by atoms with Gasteiger partial charge in [0, 0.05) is 91.5 Å². The van der Waals surface area contributed by atoms with Gasteiger partial charge >= 0.3 is 18.5 Å². The molecule has 12 rings (SSSR count). The summed E-state index contributed by atoms with van der Waals surface area (Å²) in [4.78, 5) is 22.8. The molecule has 3 aliphatic rings. The SMILES string of the molecule is CSF.Fc1cc(-c2cn3c(C(F)(F)F)nnc3cn2)cnc1OCC1CC1(F)F.Fc1cc(-c2cn3c(C(F)(F)F)nnc3cn2)cnc1OC[C@@H]1CC1(F)F.Fc1cc(-c2cn3c(C(F)(F)F)nnc3cn2)cnc1OC[C@H]1CC1(F)F. The van der Waals surface area contributed by atoms with Crippen molar-refractivity contribution in [3.63, 3.8) is 0 Å². The van der Waals surface area contributed by atoms with Gasteiger partial charge in [-0.25, -0.2) is 54.5 Å². The lowest BCUT2D eigenvalue weighted by Gasteiger charge is -2.08. The number of rotatable bonds is 12.